The molecule has 38 heavy (non-hydrogen) atoms. The van der Waals surface area contributed by atoms with E-state index in [9.17, 15) is 18.0 Å². The molecule has 0 spiro atoms. The van der Waals surface area contributed by atoms with Gasteiger partial charge in [0.25, 0.3) is 5.56 Å². The second kappa shape index (κ2) is 11.8. The van der Waals surface area contributed by atoms with Crippen LogP contribution < -0.4 is 15.0 Å². The Kier molecular flexibility index (Phi) is 8.45. The minimum Gasteiger partial charge on any atom is -0.480 e. The minimum atomic E-state index is -4.99. The number of aromatic nitrogens is 4. The molecule has 0 saturated carbocycles. The summed E-state index contributed by atoms with van der Waals surface area (Å²) in [5, 5.41) is 17.2. The van der Waals surface area contributed by atoms with Crippen LogP contribution in [-0.4, -0.2) is 39.8 Å². The van der Waals surface area contributed by atoms with Crippen LogP contribution in [0.15, 0.2) is 35.4 Å². The average Bonchev–Trinajstić information content (AvgIpc) is 2.89. The van der Waals surface area contributed by atoms with Crippen molar-refractivity contribution in [2.45, 2.75) is 44.9 Å². The van der Waals surface area contributed by atoms with E-state index in [1.165, 1.54) is 19.2 Å². The first-order chi connectivity index (χ1) is 18.2. The number of alkyl halides is 3. The Morgan fingerprint density at radius 3 is 2.74 bits per heavy atom. The molecule has 1 saturated heterocycles. The molecule has 0 amide bonds. The van der Waals surface area contributed by atoms with E-state index in [-0.39, 0.29) is 41.7 Å². The van der Waals surface area contributed by atoms with Crippen molar-refractivity contribution in [3.05, 3.63) is 68.5 Å². The third kappa shape index (κ3) is 6.58. The number of nitrogens with zero attached hydrogens (tertiary/aromatic N) is 5. The SMILES string of the molecule is COc1nnc(COC2CCCCO2)cc1Cn1cnc(C(F)(F)F)c(Oc2cc(Cl)cc(C#N)c2)c1=O. The van der Waals surface area contributed by atoms with Gasteiger partial charge in [0, 0.05) is 17.2 Å². The molecule has 1 aromatic carbocycles. The number of hydrogen-bond acceptors (Lipinski definition) is 9. The van der Waals surface area contributed by atoms with Gasteiger partial charge in [-0.2, -0.15) is 18.4 Å². The summed E-state index contributed by atoms with van der Waals surface area (Å²) in [6.07, 6.45) is -1.93. The second-order valence-corrected chi connectivity index (χ2v) is 8.66. The number of rotatable bonds is 8. The summed E-state index contributed by atoms with van der Waals surface area (Å²) < 4.78 is 63.8. The van der Waals surface area contributed by atoms with Crippen molar-refractivity contribution in [2.24, 2.45) is 0 Å². The summed E-state index contributed by atoms with van der Waals surface area (Å²) >= 11 is 5.93. The molecule has 0 aliphatic carbocycles. The van der Waals surface area contributed by atoms with Gasteiger partial charge >= 0.3 is 6.18 Å². The van der Waals surface area contributed by atoms with Gasteiger partial charge in [-0.25, -0.2) is 4.98 Å². The van der Waals surface area contributed by atoms with Gasteiger partial charge < -0.3 is 18.9 Å². The predicted molar refractivity (Wildman–Crippen MR) is 126 cm³/mol. The molecule has 10 nitrogen and oxygen atoms in total. The molecule has 1 aliphatic heterocycles. The van der Waals surface area contributed by atoms with Gasteiger partial charge in [-0.15, -0.1) is 10.2 Å². The van der Waals surface area contributed by atoms with E-state index in [0.29, 0.717) is 17.9 Å². The topological polar surface area (TPSA) is 121 Å². The van der Waals surface area contributed by atoms with Gasteiger partial charge in [0.2, 0.25) is 11.6 Å². The van der Waals surface area contributed by atoms with Crippen molar-refractivity contribution in [3.63, 3.8) is 0 Å². The highest BCUT2D eigenvalue weighted by Crippen LogP contribution is 2.35. The number of benzene rings is 1. The molecule has 14 heteroatoms. The minimum absolute atomic E-state index is 0.0336. The van der Waals surface area contributed by atoms with Crippen molar-refractivity contribution in [1.29, 1.82) is 5.26 Å². The molecule has 0 N–H and O–H groups in total. The molecule has 1 atom stereocenters. The molecule has 4 rings (SSSR count). The Labute approximate surface area is 219 Å². The third-order valence-electron chi connectivity index (χ3n) is 5.46. The van der Waals surface area contributed by atoms with Crippen LogP contribution in [0.1, 0.15) is 41.8 Å². The molecule has 2 aromatic heterocycles. The average molecular weight is 552 g/mol. The van der Waals surface area contributed by atoms with E-state index < -0.39 is 23.2 Å². The van der Waals surface area contributed by atoms with Crippen LogP contribution in [-0.2, 0) is 28.8 Å². The molecule has 200 valence electrons. The van der Waals surface area contributed by atoms with Gasteiger partial charge in [0.1, 0.15) is 5.75 Å². The summed E-state index contributed by atoms with van der Waals surface area (Å²) in [5.41, 5.74) is -1.87. The highest BCUT2D eigenvalue weighted by molar-refractivity contribution is 6.30. The monoisotopic (exact) mass is 551 g/mol. The number of halogens is 4. The van der Waals surface area contributed by atoms with E-state index in [0.717, 1.165) is 36.2 Å². The first-order valence-electron chi connectivity index (χ1n) is 11.4. The zero-order valence-electron chi connectivity index (χ0n) is 20.0. The van der Waals surface area contributed by atoms with E-state index in [2.05, 4.69) is 15.2 Å². The van der Waals surface area contributed by atoms with Crippen molar-refractivity contribution >= 4 is 11.6 Å². The van der Waals surface area contributed by atoms with Gasteiger partial charge in [-0.05, 0) is 43.5 Å². The summed E-state index contributed by atoms with van der Waals surface area (Å²) in [5.74, 6) is -1.25. The summed E-state index contributed by atoms with van der Waals surface area (Å²) in [4.78, 5) is 16.6. The highest BCUT2D eigenvalue weighted by atomic mass is 35.5. The number of nitriles is 1. The van der Waals surface area contributed by atoms with E-state index >= 15 is 0 Å². The number of hydrogen-bond donors (Lipinski definition) is 0. The zero-order valence-corrected chi connectivity index (χ0v) is 20.8. The summed E-state index contributed by atoms with van der Waals surface area (Å²) in [7, 11) is 1.34. The fraction of sp³-hybridized carbons (Fsp3) is 0.375. The van der Waals surface area contributed by atoms with E-state index in [4.69, 9.17) is 35.8 Å². The van der Waals surface area contributed by atoms with Crippen LogP contribution >= 0.6 is 11.6 Å². The van der Waals surface area contributed by atoms with Crippen LogP contribution in [0.5, 0.6) is 17.4 Å². The lowest BCUT2D eigenvalue weighted by molar-refractivity contribution is -0.169. The molecule has 3 heterocycles. The Bertz CT molecular complexity index is 1400. The Balaban J connectivity index is 1.66. The second-order valence-electron chi connectivity index (χ2n) is 8.22. The zero-order chi connectivity index (χ0) is 27.3. The maximum absolute atomic E-state index is 13.7. The molecular weight excluding hydrogens is 531 g/mol. The Hall–Kier alpha value is -3.73. The normalized spacial score (nSPS) is 15.6. The molecule has 1 fully saturated rings. The van der Waals surface area contributed by atoms with Crippen LogP contribution in [0, 0.1) is 11.3 Å². The Morgan fingerprint density at radius 2 is 2.05 bits per heavy atom. The lowest BCUT2D eigenvalue weighted by atomic mass is 10.2. The molecule has 3 aromatic rings. The smallest absolute Gasteiger partial charge is 0.437 e. The lowest BCUT2D eigenvalue weighted by Crippen LogP contribution is -2.27. The first kappa shape index (κ1) is 27.3. The van der Waals surface area contributed by atoms with Gasteiger partial charge in [0.15, 0.2) is 12.0 Å². The summed E-state index contributed by atoms with van der Waals surface area (Å²) in [6.45, 7) is 0.412. The van der Waals surface area contributed by atoms with Crippen molar-refractivity contribution in [1.82, 2.24) is 19.7 Å². The van der Waals surface area contributed by atoms with Crippen LogP contribution in [0.4, 0.5) is 13.2 Å². The van der Waals surface area contributed by atoms with Crippen molar-refractivity contribution < 1.29 is 32.1 Å². The maximum atomic E-state index is 13.7. The Morgan fingerprint density at radius 1 is 1.24 bits per heavy atom. The predicted octanol–water partition coefficient (Wildman–Crippen LogP) is 4.47. The van der Waals surface area contributed by atoms with Gasteiger partial charge in [0.05, 0.1) is 43.9 Å². The van der Waals surface area contributed by atoms with Crippen molar-refractivity contribution in [3.8, 4) is 23.4 Å². The molecule has 0 radical (unpaired) electrons. The summed E-state index contributed by atoms with van der Waals surface area (Å²) in [6, 6.07) is 7.01. The number of ether oxygens (including phenoxy) is 4. The number of methoxy groups -OCH3 is 1. The quantitative estimate of drug-likeness (QED) is 0.399. The molecule has 0 bridgehead atoms. The third-order valence-corrected chi connectivity index (χ3v) is 5.68. The fourth-order valence-corrected chi connectivity index (χ4v) is 3.93. The first-order valence-corrected chi connectivity index (χ1v) is 11.7. The van der Waals surface area contributed by atoms with Gasteiger partial charge in [-0.1, -0.05) is 11.6 Å². The molecule has 1 unspecified atom stereocenters. The maximum Gasteiger partial charge on any atom is 0.437 e. The van der Waals surface area contributed by atoms with Crippen LogP contribution in [0.2, 0.25) is 5.02 Å². The van der Waals surface area contributed by atoms with Crippen LogP contribution in [0.3, 0.4) is 0 Å². The van der Waals surface area contributed by atoms with E-state index in [1.807, 2.05) is 6.07 Å². The molecule has 1 aliphatic rings. The fourth-order valence-electron chi connectivity index (χ4n) is 3.71. The van der Waals surface area contributed by atoms with Crippen LogP contribution in [0.25, 0.3) is 0 Å². The highest BCUT2D eigenvalue weighted by Gasteiger charge is 2.39. The molecular formula is C24H21ClF3N5O5. The van der Waals surface area contributed by atoms with Crippen molar-refractivity contribution in [2.75, 3.05) is 13.7 Å². The standard InChI is InChI=1S/C24H21ClF3N5O5/c1-35-22-15(8-17(31-32-22)12-37-19-4-2-3-5-36-19)11-33-13-30-21(24(26,27)28)20(23(33)34)38-18-7-14(10-29)6-16(25)9-18/h6-9,13,19H,2-5,11-12H2,1H3. The van der Waals surface area contributed by atoms with E-state index in [1.54, 1.807) is 6.07 Å². The largest absolute Gasteiger partial charge is 0.480 e. The van der Waals surface area contributed by atoms with Gasteiger partial charge in [-0.3, -0.25) is 9.36 Å². The lowest BCUT2D eigenvalue weighted by Gasteiger charge is -2.22.